The van der Waals surface area contributed by atoms with Crippen molar-refractivity contribution < 1.29 is 4.79 Å². The SMILES string of the molecule is O=C(C[C@@H]1NC=Cc2ccccc21)c1cccs1. The Morgan fingerprint density at radius 2 is 2.11 bits per heavy atom. The van der Waals surface area contributed by atoms with Crippen molar-refractivity contribution in [3.8, 4) is 0 Å². The number of hydrogen-bond acceptors (Lipinski definition) is 3. The topological polar surface area (TPSA) is 29.1 Å². The van der Waals surface area contributed by atoms with Crippen molar-refractivity contribution in [2.75, 3.05) is 0 Å². The van der Waals surface area contributed by atoms with E-state index in [1.54, 1.807) is 0 Å². The van der Waals surface area contributed by atoms with E-state index >= 15 is 0 Å². The summed E-state index contributed by atoms with van der Waals surface area (Å²) in [6.45, 7) is 0. The minimum atomic E-state index is 0.0841. The number of carbonyl (C=O) groups excluding carboxylic acids is 1. The molecule has 0 saturated heterocycles. The number of Topliss-reactive ketones (excluding diaryl/α,β-unsaturated/α-hetero) is 1. The molecule has 0 amide bonds. The molecule has 0 bridgehead atoms. The summed E-state index contributed by atoms with van der Waals surface area (Å²) in [6, 6.07) is 12.1. The summed E-state index contributed by atoms with van der Waals surface area (Å²) in [5, 5.41) is 5.21. The van der Waals surface area contributed by atoms with E-state index in [1.807, 2.05) is 41.9 Å². The number of hydrogen-bond donors (Lipinski definition) is 1. The molecule has 1 aliphatic rings. The molecular formula is C15H13NOS. The molecule has 0 fully saturated rings. The van der Waals surface area contributed by atoms with Crippen molar-refractivity contribution in [3.63, 3.8) is 0 Å². The van der Waals surface area contributed by atoms with E-state index in [1.165, 1.54) is 22.5 Å². The summed E-state index contributed by atoms with van der Waals surface area (Å²) in [5.74, 6) is 0.201. The highest BCUT2D eigenvalue weighted by atomic mass is 32.1. The molecule has 0 spiro atoms. The molecule has 1 aliphatic heterocycles. The predicted molar refractivity (Wildman–Crippen MR) is 74.6 cm³/mol. The number of nitrogens with one attached hydrogen (secondary N) is 1. The maximum atomic E-state index is 12.1. The van der Waals surface area contributed by atoms with Gasteiger partial charge in [-0.3, -0.25) is 4.79 Å². The van der Waals surface area contributed by atoms with Crippen LogP contribution in [0.4, 0.5) is 0 Å². The molecule has 3 heteroatoms. The molecule has 0 aliphatic carbocycles. The number of ketones is 1. The van der Waals surface area contributed by atoms with E-state index in [-0.39, 0.29) is 11.8 Å². The number of carbonyl (C=O) groups is 1. The Kier molecular flexibility index (Phi) is 2.99. The van der Waals surface area contributed by atoms with Crippen LogP contribution in [0.3, 0.4) is 0 Å². The van der Waals surface area contributed by atoms with Gasteiger partial charge in [-0.25, -0.2) is 0 Å². The maximum absolute atomic E-state index is 12.1. The Morgan fingerprint density at radius 3 is 2.94 bits per heavy atom. The van der Waals surface area contributed by atoms with Gasteiger partial charge < -0.3 is 5.32 Å². The van der Waals surface area contributed by atoms with E-state index in [4.69, 9.17) is 0 Å². The van der Waals surface area contributed by atoms with Gasteiger partial charge in [0.25, 0.3) is 0 Å². The molecule has 1 aromatic carbocycles. The quantitative estimate of drug-likeness (QED) is 0.848. The zero-order valence-corrected chi connectivity index (χ0v) is 10.6. The van der Waals surface area contributed by atoms with E-state index in [2.05, 4.69) is 17.4 Å². The van der Waals surface area contributed by atoms with Crippen LogP contribution < -0.4 is 5.32 Å². The Bertz CT molecular complexity index is 586. The van der Waals surface area contributed by atoms with Gasteiger partial charge in [-0.1, -0.05) is 30.3 Å². The Balaban J connectivity index is 1.82. The monoisotopic (exact) mass is 255 g/mol. The smallest absolute Gasteiger partial charge is 0.175 e. The van der Waals surface area contributed by atoms with Crippen LogP contribution in [-0.2, 0) is 0 Å². The average molecular weight is 255 g/mol. The van der Waals surface area contributed by atoms with Gasteiger partial charge in [-0.15, -0.1) is 11.3 Å². The molecule has 90 valence electrons. The summed E-state index contributed by atoms with van der Waals surface area (Å²) in [4.78, 5) is 13.0. The van der Waals surface area contributed by atoms with Crippen LogP contribution >= 0.6 is 11.3 Å². The minimum absolute atomic E-state index is 0.0841. The lowest BCUT2D eigenvalue weighted by Crippen LogP contribution is -2.22. The lowest BCUT2D eigenvalue weighted by molar-refractivity contribution is 0.0974. The zero-order chi connectivity index (χ0) is 12.4. The van der Waals surface area contributed by atoms with Gasteiger partial charge in [0.15, 0.2) is 5.78 Å². The number of rotatable bonds is 3. The molecule has 2 heterocycles. The Hall–Kier alpha value is -1.87. The van der Waals surface area contributed by atoms with Gasteiger partial charge >= 0.3 is 0 Å². The Morgan fingerprint density at radius 1 is 1.22 bits per heavy atom. The first-order valence-electron chi connectivity index (χ1n) is 5.93. The first kappa shape index (κ1) is 11.2. The van der Waals surface area contributed by atoms with E-state index in [0.717, 1.165) is 4.88 Å². The van der Waals surface area contributed by atoms with E-state index in [9.17, 15) is 4.79 Å². The normalized spacial score (nSPS) is 17.0. The molecule has 0 saturated carbocycles. The van der Waals surface area contributed by atoms with Crippen LogP contribution in [0.1, 0.15) is 33.3 Å². The van der Waals surface area contributed by atoms with Gasteiger partial charge in [0.1, 0.15) is 0 Å². The first-order chi connectivity index (χ1) is 8.84. The summed E-state index contributed by atoms with van der Waals surface area (Å²) in [5.41, 5.74) is 2.39. The fourth-order valence-electron chi connectivity index (χ4n) is 2.22. The standard InChI is InChI=1S/C15H13NOS/c17-14(15-6-3-9-18-15)10-13-12-5-2-1-4-11(12)7-8-16-13/h1-9,13,16H,10H2/t13-/m0/s1. The van der Waals surface area contributed by atoms with Crippen molar-refractivity contribution in [3.05, 3.63) is 64.0 Å². The van der Waals surface area contributed by atoms with Crippen LogP contribution in [0, 0.1) is 0 Å². The van der Waals surface area contributed by atoms with Crippen LogP contribution in [0.5, 0.6) is 0 Å². The third kappa shape index (κ3) is 2.09. The van der Waals surface area contributed by atoms with E-state index in [0.29, 0.717) is 6.42 Å². The highest BCUT2D eigenvalue weighted by molar-refractivity contribution is 7.12. The predicted octanol–water partition coefficient (Wildman–Crippen LogP) is 3.64. The second-order valence-corrected chi connectivity index (χ2v) is 5.23. The third-order valence-electron chi connectivity index (χ3n) is 3.12. The van der Waals surface area contributed by atoms with Crippen LogP contribution in [-0.4, -0.2) is 5.78 Å². The van der Waals surface area contributed by atoms with E-state index < -0.39 is 0 Å². The molecule has 18 heavy (non-hydrogen) atoms. The highest BCUT2D eigenvalue weighted by Crippen LogP contribution is 2.27. The van der Waals surface area contributed by atoms with Crippen molar-refractivity contribution in [1.29, 1.82) is 0 Å². The molecule has 1 atom stereocenters. The summed E-state index contributed by atoms with van der Waals surface area (Å²) in [7, 11) is 0. The molecule has 1 aromatic heterocycles. The van der Waals surface area contributed by atoms with Crippen molar-refractivity contribution in [2.45, 2.75) is 12.5 Å². The molecular weight excluding hydrogens is 242 g/mol. The van der Waals surface area contributed by atoms with Crippen LogP contribution in [0.15, 0.2) is 48.0 Å². The molecule has 0 radical (unpaired) electrons. The number of thiophene rings is 1. The van der Waals surface area contributed by atoms with Gasteiger partial charge in [0.05, 0.1) is 10.9 Å². The third-order valence-corrected chi connectivity index (χ3v) is 4.03. The van der Waals surface area contributed by atoms with Crippen molar-refractivity contribution in [1.82, 2.24) is 5.32 Å². The zero-order valence-electron chi connectivity index (χ0n) is 9.80. The largest absolute Gasteiger partial charge is 0.384 e. The number of benzene rings is 1. The summed E-state index contributed by atoms with van der Waals surface area (Å²) >= 11 is 1.51. The Labute approximate surface area is 110 Å². The molecule has 3 rings (SSSR count). The minimum Gasteiger partial charge on any atom is -0.384 e. The molecule has 2 aromatic rings. The number of fused-ring (bicyclic) bond motifs is 1. The van der Waals surface area contributed by atoms with Gasteiger partial charge in [0.2, 0.25) is 0 Å². The van der Waals surface area contributed by atoms with Gasteiger partial charge in [-0.05, 0) is 34.8 Å². The second-order valence-electron chi connectivity index (χ2n) is 4.29. The lowest BCUT2D eigenvalue weighted by atomic mass is 9.94. The summed E-state index contributed by atoms with van der Waals surface area (Å²) in [6.07, 6.45) is 4.47. The molecule has 2 nitrogen and oxygen atoms in total. The summed E-state index contributed by atoms with van der Waals surface area (Å²) < 4.78 is 0. The molecule has 1 N–H and O–H groups in total. The van der Waals surface area contributed by atoms with Crippen LogP contribution in [0.2, 0.25) is 0 Å². The maximum Gasteiger partial charge on any atom is 0.175 e. The fourth-order valence-corrected chi connectivity index (χ4v) is 2.89. The van der Waals surface area contributed by atoms with Gasteiger partial charge in [0, 0.05) is 6.42 Å². The molecule has 0 unspecified atom stereocenters. The highest BCUT2D eigenvalue weighted by Gasteiger charge is 2.20. The van der Waals surface area contributed by atoms with Crippen LogP contribution in [0.25, 0.3) is 6.08 Å². The van der Waals surface area contributed by atoms with Crippen molar-refractivity contribution >= 4 is 23.2 Å². The van der Waals surface area contributed by atoms with Crippen molar-refractivity contribution in [2.24, 2.45) is 0 Å². The fraction of sp³-hybridized carbons (Fsp3) is 0.133. The van der Waals surface area contributed by atoms with Gasteiger partial charge in [-0.2, -0.15) is 0 Å². The average Bonchev–Trinajstić information content (AvgIpc) is 2.93. The second kappa shape index (κ2) is 4.78. The first-order valence-corrected chi connectivity index (χ1v) is 6.81. The lowest BCUT2D eigenvalue weighted by Gasteiger charge is -2.22.